The normalized spacial score (nSPS) is 12.1. The third kappa shape index (κ3) is 3.94. The fourth-order valence-corrected chi connectivity index (χ4v) is 3.61. The predicted molar refractivity (Wildman–Crippen MR) is 99.1 cm³/mol. The number of rotatable bonds is 6. The number of nitrogens with zero attached hydrogens (tertiary/aromatic N) is 3. The Morgan fingerprint density at radius 2 is 2.08 bits per heavy atom. The van der Waals surface area contributed by atoms with E-state index in [1.54, 1.807) is 29.3 Å². The summed E-state index contributed by atoms with van der Waals surface area (Å²) in [5.41, 5.74) is 2.89. The smallest absolute Gasteiger partial charge is 0.242 e. The summed E-state index contributed by atoms with van der Waals surface area (Å²) >= 11 is 1.61. The second kappa shape index (κ2) is 7.58. The lowest BCUT2D eigenvalue weighted by Gasteiger charge is -2.14. The number of amides is 1. The maximum atomic E-state index is 12.5. The fourth-order valence-electron chi connectivity index (χ4n) is 2.60. The van der Waals surface area contributed by atoms with Crippen molar-refractivity contribution >= 4 is 17.2 Å². The molecule has 0 radical (unpaired) electrons. The highest BCUT2D eigenvalue weighted by Gasteiger charge is 2.20. The van der Waals surface area contributed by atoms with Gasteiger partial charge in [-0.1, -0.05) is 30.3 Å². The van der Waals surface area contributed by atoms with E-state index in [-0.39, 0.29) is 5.91 Å². The van der Waals surface area contributed by atoms with E-state index < -0.39 is 6.04 Å². The summed E-state index contributed by atoms with van der Waals surface area (Å²) in [5, 5.41) is 11.1. The van der Waals surface area contributed by atoms with Gasteiger partial charge in [0, 0.05) is 29.2 Å². The van der Waals surface area contributed by atoms with E-state index >= 15 is 0 Å². The maximum absolute atomic E-state index is 12.5. The zero-order valence-corrected chi connectivity index (χ0v) is 15.3. The van der Waals surface area contributed by atoms with Gasteiger partial charge in [0.15, 0.2) is 0 Å². The quantitative estimate of drug-likeness (QED) is 0.712. The minimum atomic E-state index is -0.421. The second-order valence-corrected chi connectivity index (χ2v) is 6.86. The number of aromatic nitrogens is 3. The zero-order chi connectivity index (χ0) is 17.8. The Bertz CT molecular complexity index is 855. The van der Waals surface area contributed by atoms with Crippen LogP contribution in [0, 0.1) is 6.92 Å². The molecule has 1 atom stereocenters. The maximum Gasteiger partial charge on any atom is 0.242 e. The molecule has 25 heavy (non-hydrogen) atoms. The third-order valence-corrected chi connectivity index (χ3v) is 5.15. The highest BCUT2D eigenvalue weighted by Crippen LogP contribution is 2.27. The van der Waals surface area contributed by atoms with Crippen LogP contribution >= 0.6 is 11.3 Å². The number of nitrogens with one attached hydrogen (secondary N) is 2. The number of carbonyl (C=O) groups is 1. The predicted octanol–water partition coefficient (Wildman–Crippen LogP) is 2.43. The molecule has 6 nitrogen and oxygen atoms in total. The van der Waals surface area contributed by atoms with E-state index in [0.29, 0.717) is 6.54 Å². The van der Waals surface area contributed by atoms with Gasteiger partial charge < -0.3 is 10.6 Å². The lowest BCUT2D eigenvalue weighted by atomic mass is 10.1. The minimum Gasteiger partial charge on any atom is -0.349 e. The standard InChI is InChI=1S/C18H21N5OS/c1-12-15(25-18(22-12)13-7-5-4-6-8-13)10-20-17(24)16(19-2)14-9-21-23(3)11-14/h4-9,11,16,19H,10H2,1-3H3,(H,20,24). The van der Waals surface area contributed by atoms with Gasteiger partial charge >= 0.3 is 0 Å². The molecule has 2 aromatic heterocycles. The van der Waals surface area contributed by atoms with Crippen molar-refractivity contribution in [1.82, 2.24) is 25.4 Å². The van der Waals surface area contributed by atoms with Crippen molar-refractivity contribution in [2.45, 2.75) is 19.5 Å². The monoisotopic (exact) mass is 355 g/mol. The number of hydrogen-bond donors (Lipinski definition) is 2. The first-order valence-electron chi connectivity index (χ1n) is 8.03. The average molecular weight is 355 g/mol. The van der Waals surface area contributed by atoms with Gasteiger partial charge in [-0.3, -0.25) is 9.48 Å². The van der Waals surface area contributed by atoms with Crippen LogP contribution in [0.3, 0.4) is 0 Å². The van der Waals surface area contributed by atoms with Gasteiger partial charge in [-0.15, -0.1) is 11.3 Å². The first kappa shape index (κ1) is 17.3. The molecule has 0 saturated carbocycles. The van der Waals surface area contributed by atoms with Gasteiger partial charge in [0.05, 0.1) is 18.4 Å². The van der Waals surface area contributed by atoms with Crippen LogP contribution in [0.15, 0.2) is 42.7 Å². The molecule has 0 fully saturated rings. The van der Waals surface area contributed by atoms with E-state index in [2.05, 4.69) is 20.7 Å². The first-order chi connectivity index (χ1) is 12.1. The molecule has 0 bridgehead atoms. The SMILES string of the molecule is CNC(C(=O)NCc1sc(-c2ccccc2)nc1C)c1cnn(C)c1. The van der Waals surface area contributed by atoms with E-state index in [1.807, 2.05) is 50.5 Å². The molecular formula is C18H21N5OS. The van der Waals surface area contributed by atoms with E-state index in [9.17, 15) is 4.79 Å². The van der Waals surface area contributed by atoms with Crippen LogP contribution in [0.5, 0.6) is 0 Å². The summed E-state index contributed by atoms with van der Waals surface area (Å²) in [6, 6.07) is 9.65. The molecule has 0 saturated heterocycles. The van der Waals surface area contributed by atoms with Crippen molar-refractivity contribution in [2.24, 2.45) is 7.05 Å². The van der Waals surface area contributed by atoms with Gasteiger partial charge in [0.25, 0.3) is 0 Å². The molecule has 0 aliphatic heterocycles. The van der Waals surface area contributed by atoms with Crippen LogP contribution in [0.2, 0.25) is 0 Å². The molecular weight excluding hydrogens is 334 g/mol. The molecule has 7 heteroatoms. The molecule has 3 aromatic rings. The molecule has 1 aromatic carbocycles. The Kier molecular flexibility index (Phi) is 5.25. The average Bonchev–Trinajstić information content (AvgIpc) is 3.20. The number of thiazole rings is 1. The van der Waals surface area contributed by atoms with Crippen molar-refractivity contribution in [3.05, 3.63) is 58.9 Å². The number of hydrogen-bond acceptors (Lipinski definition) is 5. The van der Waals surface area contributed by atoms with Crippen LogP contribution in [0.1, 0.15) is 22.2 Å². The molecule has 0 aliphatic rings. The summed E-state index contributed by atoms with van der Waals surface area (Å²) in [6.45, 7) is 2.44. The number of aryl methyl sites for hydroxylation is 2. The topological polar surface area (TPSA) is 71.8 Å². The highest BCUT2D eigenvalue weighted by atomic mass is 32.1. The Hall–Kier alpha value is -2.51. The largest absolute Gasteiger partial charge is 0.349 e. The Labute approximate surface area is 150 Å². The fraction of sp³-hybridized carbons (Fsp3) is 0.278. The molecule has 2 heterocycles. The van der Waals surface area contributed by atoms with Crippen molar-refractivity contribution in [1.29, 1.82) is 0 Å². The summed E-state index contributed by atoms with van der Waals surface area (Å²) in [4.78, 5) is 18.2. The highest BCUT2D eigenvalue weighted by molar-refractivity contribution is 7.15. The van der Waals surface area contributed by atoms with E-state index in [4.69, 9.17) is 0 Å². The van der Waals surface area contributed by atoms with Gasteiger partial charge in [0.1, 0.15) is 11.0 Å². The second-order valence-electron chi connectivity index (χ2n) is 5.78. The zero-order valence-electron chi connectivity index (χ0n) is 14.5. The molecule has 130 valence electrons. The van der Waals surface area contributed by atoms with Gasteiger partial charge in [0.2, 0.25) is 5.91 Å². The summed E-state index contributed by atoms with van der Waals surface area (Å²) < 4.78 is 1.69. The van der Waals surface area contributed by atoms with Crippen LogP contribution in [-0.2, 0) is 18.4 Å². The molecule has 1 amide bonds. The van der Waals surface area contributed by atoms with E-state index in [0.717, 1.165) is 26.7 Å². The van der Waals surface area contributed by atoms with Crippen LogP contribution < -0.4 is 10.6 Å². The first-order valence-corrected chi connectivity index (χ1v) is 8.85. The minimum absolute atomic E-state index is 0.0791. The molecule has 0 spiro atoms. The van der Waals surface area contributed by atoms with Crippen molar-refractivity contribution in [3.8, 4) is 10.6 Å². The summed E-state index contributed by atoms with van der Waals surface area (Å²) in [7, 11) is 3.60. The van der Waals surface area contributed by atoms with E-state index in [1.165, 1.54) is 0 Å². The summed E-state index contributed by atoms with van der Waals surface area (Å²) in [5.74, 6) is -0.0791. The molecule has 0 aliphatic carbocycles. The van der Waals surface area contributed by atoms with Crippen molar-refractivity contribution in [3.63, 3.8) is 0 Å². The number of benzene rings is 1. The van der Waals surface area contributed by atoms with Crippen molar-refractivity contribution in [2.75, 3.05) is 7.05 Å². The van der Waals surface area contributed by atoms with Gasteiger partial charge in [-0.2, -0.15) is 5.10 Å². The van der Waals surface area contributed by atoms with Crippen LogP contribution in [-0.4, -0.2) is 27.7 Å². The Balaban J connectivity index is 1.69. The molecule has 2 N–H and O–H groups in total. The molecule has 1 unspecified atom stereocenters. The Morgan fingerprint density at radius 1 is 1.32 bits per heavy atom. The number of carbonyl (C=O) groups excluding carboxylic acids is 1. The third-order valence-electron chi connectivity index (χ3n) is 3.95. The van der Waals surface area contributed by atoms with Gasteiger partial charge in [-0.05, 0) is 14.0 Å². The molecule has 3 rings (SSSR count). The Morgan fingerprint density at radius 3 is 2.72 bits per heavy atom. The van der Waals surface area contributed by atoms with Crippen LogP contribution in [0.25, 0.3) is 10.6 Å². The summed E-state index contributed by atoms with van der Waals surface area (Å²) in [6.07, 6.45) is 3.54. The lowest BCUT2D eigenvalue weighted by molar-refractivity contribution is -0.123. The lowest BCUT2D eigenvalue weighted by Crippen LogP contribution is -2.35. The van der Waals surface area contributed by atoms with Gasteiger partial charge in [-0.25, -0.2) is 4.98 Å². The van der Waals surface area contributed by atoms with Crippen LogP contribution in [0.4, 0.5) is 0 Å². The van der Waals surface area contributed by atoms with Crippen molar-refractivity contribution < 1.29 is 4.79 Å². The number of likely N-dealkylation sites (N-methyl/N-ethyl adjacent to an activating group) is 1.